The lowest BCUT2D eigenvalue weighted by atomic mass is 9.94. The second-order valence-corrected chi connectivity index (χ2v) is 9.74. The smallest absolute Gasteiger partial charge is 0.209 e. The fourth-order valence-corrected chi connectivity index (χ4v) is 4.29. The highest BCUT2D eigenvalue weighted by Crippen LogP contribution is 2.52. The molecule has 1 aromatic heterocycles. The van der Waals surface area contributed by atoms with Gasteiger partial charge in [-0.2, -0.15) is 0 Å². The van der Waals surface area contributed by atoms with Crippen LogP contribution in [0.1, 0.15) is 42.6 Å². The Morgan fingerprint density at radius 1 is 1.36 bits per heavy atom. The summed E-state index contributed by atoms with van der Waals surface area (Å²) in [6.45, 7) is 0. The lowest BCUT2D eigenvalue weighted by Gasteiger charge is -2.13. The van der Waals surface area contributed by atoms with Crippen LogP contribution in [0.15, 0.2) is 32.5 Å². The minimum atomic E-state index is -3.49. The molecular formula is C17H20BrFN4O4S. The molecule has 0 unspecified atom stereocenters. The van der Waals surface area contributed by atoms with Crippen molar-refractivity contribution >= 4 is 31.7 Å². The molecule has 1 saturated carbocycles. The second-order valence-electron chi connectivity index (χ2n) is 7.15. The Labute approximate surface area is 170 Å². The highest BCUT2D eigenvalue weighted by Gasteiger charge is 2.42. The third kappa shape index (κ3) is 5.36. The van der Waals surface area contributed by atoms with Gasteiger partial charge in [0.05, 0.1) is 10.2 Å². The molecule has 1 aliphatic rings. The molecule has 28 heavy (non-hydrogen) atoms. The van der Waals surface area contributed by atoms with Crippen LogP contribution in [0.25, 0.3) is 0 Å². The molecule has 11 heteroatoms. The van der Waals surface area contributed by atoms with Crippen molar-refractivity contribution in [2.24, 2.45) is 15.7 Å². The highest BCUT2D eigenvalue weighted by molar-refractivity contribution is 9.10. The number of aromatic nitrogens is 2. The first kappa shape index (κ1) is 20.9. The average molecular weight is 475 g/mol. The number of nitrogens with two attached hydrogens (primary N) is 1. The minimum Gasteiger partial charge on any atom is -0.411 e. The van der Waals surface area contributed by atoms with Crippen molar-refractivity contribution in [3.8, 4) is 0 Å². The molecule has 152 valence electrons. The zero-order valence-electron chi connectivity index (χ0n) is 14.9. The summed E-state index contributed by atoms with van der Waals surface area (Å²) < 4.78 is 41.0. The lowest BCUT2D eigenvalue weighted by molar-refractivity contribution is 0.299. The van der Waals surface area contributed by atoms with Gasteiger partial charge >= 0.3 is 0 Å². The summed E-state index contributed by atoms with van der Waals surface area (Å²) in [6.07, 6.45) is 3.83. The first-order valence-corrected chi connectivity index (χ1v) is 11.2. The molecule has 2 aromatic rings. The van der Waals surface area contributed by atoms with Gasteiger partial charge in [0.25, 0.3) is 0 Å². The third-order valence-electron chi connectivity index (χ3n) is 5.07. The van der Waals surface area contributed by atoms with Gasteiger partial charge in [0.1, 0.15) is 17.2 Å². The van der Waals surface area contributed by atoms with Crippen molar-refractivity contribution in [2.75, 3.05) is 5.75 Å². The number of hydrogen-bond donors (Lipinski definition) is 2. The van der Waals surface area contributed by atoms with Gasteiger partial charge in [-0.15, -0.1) is 0 Å². The summed E-state index contributed by atoms with van der Waals surface area (Å²) in [5.74, 6) is -0.427. The zero-order valence-corrected chi connectivity index (χ0v) is 17.3. The van der Waals surface area contributed by atoms with Crippen LogP contribution in [0.3, 0.4) is 0 Å². The van der Waals surface area contributed by atoms with Crippen LogP contribution in [0, 0.1) is 11.2 Å². The van der Waals surface area contributed by atoms with Crippen LogP contribution >= 0.6 is 15.9 Å². The van der Waals surface area contributed by atoms with Gasteiger partial charge in [0, 0.05) is 6.42 Å². The van der Waals surface area contributed by atoms with E-state index in [4.69, 9.17) is 9.77 Å². The van der Waals surface area contributed by atoms with E-state index in [1.807, 2.05) is 0 Å². The van der Waals surface area contributed by atoms with E-state index in [2.05, 4.69) is 31.4 Å². The normalized spacial score (nSPS) is 16.3. The van der Waals surface area contributed by atoms with E-state index in [1.165, 1.54) is 6.07 Å². The number of oxime groups is 1. The van der Waals surface area contributed by atoms with Gasteiger partial charge in [-0.1, -0.05) is 16.4 Å². The summed E-state index contributed by atoms with van der Waals surface area (Å²) in [5.41, 5.74) is 1.80. The van der Waals surface area contributed by atoms with Gasteiger partial charge in [-0.25, -0.2) is 22.6 Å². The zero-order chi connectivity index (χ0) is 20.4. The molecule has 1 fully saturated rings. The molecule has 3 N–H and O–H groups in total. The largest absolute Gasteiger partial charge is 0.411 e. The Bertz CT molecular complexity index is 989. The van der Waals surface area contributed by atoms with Gasteiger partial charge < -0.3 is 5.21 Å². The van der Waals surface area contributed by atoms with Crippen molar-refractivity contribution in [3.63, 3.8) is 0 Å². The van der Waals surface area contributed by atoms with Gasteiger partial charge in [0.2, 0.25) is 10.0 Å². The summed E-state index contributed by atoms with van der Waals surface area (Å²) in [4.78, 5) is 0. The predicted octanol–water partition coefficient (Wildman–Crippen LogP) is 2.78. The molecule has 0 atom stereocenters. The van der Waals surface area contributed by atoms with Crippen LogP contribution in [0.2, 0.25) is 0 Å². The van der Waals surface area contributed by atoms with Crippen molar-refractivity contribution in [1.29, 1.82) is 0 Å². The lowest BCUT2D eigenvalue weighted by Crippen LogP contribution is -2.20. The average Bonchev–Trinajstić information content (AvgIpc) is 3.27. The molecule has 1 aromatic carbocycles. The van der Waals surface area contributed by atoms with Crippen molar-refractivity contribution in [3.05, 3.63) is 45.4 Å². The summed E-state index contributed by atoms with van der Waals surface area (Å²) >= 11 is 3.13. The Morgan fingerprint density at radius 3 is 2.71 bits per heavy atom. The molecule has 0 bridgehead atoms. The second kappa shape index (κ2) is 8.26. The molecule has 0 amide bonds. The van der Waals surface area contributed by atoms with E-state index in [1.54, 1.807) is 12.1 Å². The molecule has 8 nitrogen and oxygen atoms in total. The van der Waals surface area contributed by atoms with E-state index in [0.717, 1.165) is 18.4 Å². The van der Waals surface area contributed by atoms with Gasteiger partial charge in [-0.05, 0) is 76.3 Å². The fourth-order valence-electron chi connectivity index (χ4n) is 3.14. The predicted molar refractivity (Wildman–Crippen MR) is 103 cm³/mol. The molecule has 0 radical (unpaired) electrons. The molecule has 1 heterocycles. The van der Waals surface area contributed by atoms with Crippen LogP contribution in [-0.2, 0) is 22.9 Å². The van der Waals surface area contributed by atoms with Gasteiger partial charge in [0.15, 0.2) is 5.69 Å². The summed E-state index contributed by atoms with van der Waals surface area (Å²) in [5, 5.41) is 25.6. The molecule has 3 rings (SSSR count). The fraction of sp³-hybridized carbons (Fsp3) is 0.471. The molecule has 1 aliphatic carbocycles. The van der Waals surface area contributed by atoms with Crippen LogP contribution in [0.5, 0.6) is 0 Å². The Morgan fingerprint density at radius 2 is 2.11 bits per heavy atom. The number of sulfonamides is 1. The van der Waals surface area contributed by atoms with E-state index < -0.39 is 10.0 Å². The van der Waals surface area contributed by atoms with Crippen molar-refractivity contribution in [1.82, 2.24) is 10.3 Å². The molecular weight excluding hydrogens is 455 g/mol. The highest BCUT2D eigenvalue weighted by atomic mass is 79.9. The van der Waals surface area contributed by atoms with E-state index in [0.29, 0.717) is 35.1 Å². The number of hydrogen-bond acceptors (Lipinski definition) is 7. The van der Waals surface area contributed by atoms with Crippen LogP contribution in [-0.4, -0.2) is 35.4 Å². The summed E-state index contributed by atoms with van der Waals surface area (Å²) in [7, 11) is -3.49. The first-order chi connectivity index (χ1) is 13.2. The number of primary sulfonamides is 1. The maximum absolute atomic E-state index is 13.4. The van der Waals surface area contributed by atoms with Crippen molar-refractivity contribution < 1.29 is 22.6 Å². The maximum atomic E-state index is 13.4. The minimum absolute atomic E-state index is 0.0419. The third-order valence-corrected chi connectivity index (χ3v) is 6.45. The number of benzene rings is 1. The number of halogens is 2. The first-order valence-electron chi connectivity index (χ1n) is 8.68. The molecule has 0 aliphatic heterocycles. The monoisotopic (exact) mass is 474 g/mol. The Hall–Kier alpha value is -1.85. The summed E-state index contributed by atoms with van der Waals surface area (Å²) in [6, 6.07) is 4.50. The maximum Gasteiger partial charge on any atom is 0.209 e. The van der Waals surface area contributed by atoms with E-state index in [-0.39, 0.29) is 29.1 Å². The van der Waals surface area contributed by atoms with Gasteiger partial charge in [-0.3, -0.25) is 0 Å². The SMILES string of the molecule is NS(=O)(=O)CCC1(CCc2nonc2/C(Cc2ccc(F)c(Br)c2)=N/O)CC1. The van der Waals surface area contributed by atoms with Crippen LogP contribution in [0.4, 0.5) is 4.39 Å². The Kier molecular flexibility index (Phi) is 6.15. The number of nitrogens with zero attached hydrogens (tertiary/aromatic N) is 3. The Balaban J connectivity index is 1.67. The standard InChI is InChI=1S/C17H20BrFN4O4S/c18-12-9-11(1-2-13(12)19)10-15(21-24)16-14(22-27-23-16)3-4-17(5-6-17)7-8-28(20,25)26/h1-2,9,24H,3-8,10H2,(H2,20,25,26)/b21-15+. The number of rotatable bonds is 9. The van der Waals surface area contributed by atoms with E-state index >= 15 is 0 Å². The topological polar surface area (TPSA) is 132 Å². The van der Waals surface area contributed by atoms with Crippen LogP contribution < -0.4 is 5.14 Å². The number of aryl methyl sites for hydroxylation is 1. The quantitative estimate of drug-likeness (QED) is 0.326. The van der Waals surface area contributed by atoms with Crippen molar-refractivity contribution in [2.45, 2.75) is 38.5 Å². The van der Waals surface area contributed by atoms with E-state index in [9.17, 15) is 18.0 Å². The molecule has 0 spiro atoms. The molecule has 0 saturated heterocycles.